The Morgan fingerprint density at radius 1 is 1.19 bits per heavy atom. The molecule has 0 unspecified atom stereocenters. The van der Waals surface area contributed by atoms with Crippen molar-refractivity contribution in [2.24, 2.45) is 0 Å². The summed E-state index contributed by atoms with van der Waals surface area (Å²) < 4.78 is 5.90. The van der Waals surface area contributed by atoms with Crippen molar-refractivity contribution in [3.8, 4) is 28.9 Å². The molecule has 3 N–H and O–H groups in total. The molecule has 0 bridgehead atoms. The number of nitrogens with zero attached hydrogens (tertiary/aromatic N) is 4. The minimum Gasteiger partial charge on any atom is -0.508 e. The number of rotatable bonds is 6. The van der Waals surface area contributed by atoms with E-state index in [1.165, 1.54) is 12.5 Å². The summed E-state index contributed by atoms with van der Waals surface area (Å²) in [5, 5.41) is 16.4. The van der Waals surface area contributed by atoms with Crippen LogP contribution in [0.3, 0.4) is 0 Å². The molecule has 8 nitrogen and oxygen atoms in total. The zero-order chi connectivity index (χ0) is 18.5. The Morgan fingerprint density at radius 3 is 2.85 bits per heavy atom. The number of nitrogens with one attached hydrogen (secondary N) is 2. The Morgan fingerprint density at radius 2 is 2.07 bits per heavy atom. The summed E-state index contributed by atoms with van der Waals surface area (Å²) in [5.41, 5.74) is 0.510. The summed E-state index contributed by atoms with van der Waals surface area (Å²) in [7, 11) is 0. The van der Waals surface area contributed by atoms with E-state index >= 15 is 0 Å². The van der Waals surface area contributed by atoms with Crippen LogP contribution in [0.15, 0.2) is 48.9 Å². The average Bonchev–Trinajstić information content (AvgIpc) is 3.21. The first kappa shape index (κ1) is 17.2. The molecule has 1 fully saturated rings. The minimum atomic E-state index is 0.118. The molecule has 138 valence electrons. The molecule has 0 radical (unpaired) electrons. The number of benzene rings is 1. The highest BCUT2D eigenvalue weighted by molar-refractivity contribution is 5.55. The monoisotopic (exact) mass is 364 g/mol. The first-order valence-corrected chi connectivity index (χ1v) is 8.86. The minimum absolute atomic E-state index is 0.118. The van der Waals surface area contributed by atoms with E-state index in [2.05, 4.69) is 30.6 Å². The second-order valence-corrected chi connectivity index (χ2v) is 6.25. The summed E-state index contributed by atoms with van der Waals surface area (Å²) in [6, 6.07) is 8.70. The molecular formula is C19H20N6O2. The van der Waals surface area contributed by atoms with Crippen molar-refractivity contribution in [1.82, 2.24) is 25.3 Å². The lowest BCUT2D eigenvalue weighted by Gasteiger charge is -2.15. The zero-order valence-electron chi connectivity index (χ0n) is 14.7. The van der Waals surface area contributed by atoms with E-state index in [9.17, 15) is 5.11 Å². The molecule has 0 amide bonds. The van der Waals surface area contributed by atoms with Crippen molar-refractivity contribution in [2.75, 3.05) is 18.4 Å². The summed E-state index contributed by atoms with van der Waals surface area (Å²) in [6.45, 7) is 1.77. The number of anilines is 1. The van der Waals surface area contributed by atoms with Gasteiger partial charge in [-0.2, -0.15) is 0 Å². The van der Waals surface area contributed by atoms with E-state index in [0.29, 0.717) is 35.0 Å². The highest BCUT2D eigenvalue weighted by Crippen LogP contribution is 2.29. The fourth-order valence-corrected chi connectivity index (χ4v) is 2.91. The summed E-state index contributed by atoms with van der Waals surface area (Å²) in [4.78, 5) is 17.4. The number of aromatic nitrogens is 4. The first-order chi connectivity index (χ1) is 13.3. The van der Waals surface area contributed by atoms with Gasteiger partial charge in [-0.15, -0.1) is 0 Å². The van der Waals surface area contributed by atoms with Crippen LogP contribution in [0, 0.1) is 0 Å². The molecule has 4 rings (SSSR count). The van der Waals surface area contributed by atoms with Crippen molar-refractivity contribution in [3.63, 3.8) is 0 Å². The Balaban J connectivity index is 1.62. The molecule has 0 saturated carbocycles. The first-order valence-electron chi connectivity index (χ1n) is 8.86. The van der Waals surface area contributed by atoms with E-state index in [-0.39, 0.29) is 5.75 Å². The number of ether oxygens (including phenoxy) is 1. The normalized spacial score (nSPS) is 16.2. The Kier molecular flexibility index (Phi) is 5.06. The average molecular weight is 364 g/mol. The highest BCUT2D eigenvalue weighted by Gasteiger charge is 2.17. The number of hydrogen-bond acceptors (Lipinski definition) is 8. The molecule has 1 saturated heterocycles. The number of phenols is 1. The van der Waals surface area contributed by atoms with E-state index in [1.54, 1.807) is 42.9 Å². The van der Waals surface area contributed by atoms with Crippen molar-refractivity contribution >= 4 is 5.82 Å². The predicted molar refractivity (Wildman–Crippen MR) is 101 cm³/mol. The maximum atomic E-state index is 9.68. The third-order valence-electron chi connectivity index (χ3n) is 4.25. The van der Waals surface area contributed by atoms with Crippen molar-refractivity contribution in [3.05, 3.63) is 48.9 Å². The molecule has 0 aliphatic carbocycles. The van der Waals surface area contributed by atoms with Gasteiger partial charge < -0.3 is 20.5 Å². The SMILES string of the molecule is Oc1cccc(Oc2nc(-c3ncccn3)cnc2NC[C@@H]2CCCN2)c1. The molecule has 1 aliphatic rings. The van der Waals surface area contributed by atoms with Crippen molar-refractivity contribution < 1.29 is 9.84 Å². The lowest BCUT2D eigenvalue weighted by molar-refractivity contribution is 0.445. The summed E-state index contributed by atoms with van der Waals surface area (Å²) >= 11 is 0. The quantitative estimate of drug-likeness (QED) is 0.613. The van der Waals surface area contributed by atoms with Gasteiger partial charge in [0.2, 0.25) is 0 Å². The molecule has 3 heterocycles. The van der Waals surface area contributed by atoms with Gasteiger partial charge in [-0.3, -0.25) is 0 Å². The van der Waals surface area contributed by atoms with Gasteiger partial charge in [-0.25, -0.2) is 19.9 Å². The Hall–Kier alpha value is -3.26. The standard InChI is InChI=1S/C19H20N6O2/c26-14-5-1-6-15(10-14)27-19-18(23-11-13-4-2-7-20-13)24-12-16(25-19)17-21-8-3-9-22-17/h1,3,5-6,8-10,12-13,20,26H,2,4,7,11H2,(H,23,24)/t13-/m0/s1. The maximum absolute atomic E-state index is 9.68. The van der Waals surface area contributed by atoms with Gasteiger partial charge in [0.15, 0.2) is 11.6 Å². The lowest BCUT2D eigenvalue weighted by atomic mass is 10.2. The van der Waals surface area contributed by atoms with Crippen LogP contribution in [0.1, 0.15) is 12.8 Å². The lowest BCUT2D eigenvalue weighted by Crippen LogP contribution is -2.29. The molecule has 1 aliphatic heterocycles. The van der Waals surface area contributed by atoms with Crippen LogP contribution in [-0.2, 0) is 0 Å². The van der Waals surface area contributed by atoms with E-state index < -0.39 is 0 Å². The van der Waals surface area contributed by atoms with Crippen LogP contribution in [0.5, 0.6) is 17.4 Å². The Labute approximate surface area is 156 Å². The second-order valence-electron chi connectivity index (χ2n) is 6.25. The fraction of sp³-hybridized carbons (Fsp3) is 0.263. The third-order valence-corrected chi connectivity index (χ3v) is 4.25. The summed E-state index contributed by atoms with van der Waals surface area (Å²) in [6.07, 6.45) is 7.22. The molecular weight excluding hydrogens is 344 g/mol. The fourth-order valence-electron chi connectivity index (χ4n) is 2.91. The molecule has 0 spiro atoms. The molecule has 2 aromatic heterocycles. The van der Waals surface area contributed by atoms with Crippen LogP contribution in [0.2, 0.25) is 0 Å². The summed E-state index contributed by atoms with van der Waals surface area (Å²) in [5.74, 6) is 1.90. The number of aromatic hydroxyl groups is 1. The maximum Gasteiger partial charge on any atom is 0.263 e. The molecule has 1 aromatic carbocycles. The number of phenolic OH excluding ortho intramolecular Hbond substituents is 1. The van der Waals surface area contributed by atoms with Crippen LogP contribution in [0.4, 0.5) is 5.82 Å². The number of hydrogen-bond donors (Lipinski definition) is 3. The highest BCUT2D eigenvalue weighted by atomic mass is 16.5. The zero-order valence-corrected chi connectivity index (χ0v) is 14.7. The van der Waals surface area contributed by atoms with Gasteiger partial charge in [0, 0.05) is 31.0 Å². The van der Waals surface area contributed by atoms with E-state index in [4.69, 9.17) is 4.74 Å². The molecule has 8 heteroatoms. The molecule has 1 atom stereocenters. The van der Waals surface area contributed by atoms with Gasteiger partial charge in [0.25, 0.3) is 5.88 Å². The van der Waals surface area contributed by atoms with Gasteiger partial charge in [0.1, 0.15) is 17.2 Å². The topological polar surface area (TPSA) is 105 Å². The van der Waals surface area contributed by atoms with Gasteiger partial charge in [-0.1, -0.05) is 6.07 Å². The molecule has 27 heavy (non-hydrogen) atoms. The van der Waals surface area contributed by atoms with Gasteiger partial charge in [-0.05, 0) is 37.6 Å². The van der Waals surface area contributed by atoms with Crippen LogP contribution in [0.25, 0.3) is 11.5 Å². The van der Waals surface area contributed by atoms with Crippen molar-refractivity contribution in [2.45, 2.75) is 18.9 Å². The van der Waals surface area contributed by atoms with Gasteiger partial charge in [0.05, 0.1) is 6.20 Å². The van der Waals surface area contributed by atoms with Gasteiger partial charge >= 0.3 is 0 Å². The smallest absolute Gasteiger partial charge is 0.263 e. The van der Waals surface area contributed by atoms with Crippen LogP contribution < -0.4 is 15.4 Å². The predicted octanol–water partition coefficient (Wildman–Crippen LogP) is 2.60. The third kappa shape index (κ3) is 4.29. The van der Waals surface area contributed by atoms with Crippen LogP contribution in [-0.4, -0.2) is 44.2 Å². The largest absolute Gasteiger partial charge is 0.508 e. The van der Waals surface area contributed by atoms with E-state index in [0.717, 1.165) is 19.5 Å². The second kappa shape index (κ2) is 7.96. The van der Waals surface area contributed by atoms with Crippen LogP contribution >= 0.6 is 0 Å². The van der Waals surface area contributed by atoms with Crippen molar-refractivity contribution in [1.29, 1.82) is 0 Å². The Bertz CT molecular complexity index is 900. The van der Waals surface area contributed by atoms with E-state index in [1.807, 2.05) is 0 Å². The molecule has 3 aromatic rings.